The molecule has 0 spiro atoms. The van der Waals surface area contributed by atoms with Crippen LogP contribution in [0.25, 0.3) is 0 Å². The summed E-state index contributed by atoms with van der Waals surface area (Å²) in [5, 5.41) is 2.87. The number of carbonyl (C=O) groups excluding carboxylic acids is 2. The first-order chi connectivity index (χ1) is 13.5. The first-order valence-electron chi connectivity index (χ1n) is 9.37. The van der Waals surface area contributed by atoms with Crippen molar-refractivity contribution < 1.29 is 19.1 Å². The van der Waals surface area contributed by atoms with Gasteiger partial charge in [-0.1, -0.05) is 12.1 Å². The Bertz CT molecular complexity index is 879. The molecule has 0 bridgehead atoms. The average molecular weight is 382 g/mol. The highest BCUT2D eigenvalue weighted by Crippen LogP contribution is 2.33. The number of hydrogen-bond donors (Lipinski definition) is 1. The van der Waals surface area contributed by atoms with Crippen molar-refractivity contribution in [2.45, 2.75) is 26.3 Å². The molecule has 0 unspecified atom stereocenters. The Kier molecular flexibility index (Phi) is 6.31. The number of nitrogens with one attached hydrogen (secondary N) is 1. The van der Waals surface area contributed by atoms with Crippen molar-refractivity contribution >= 4 is 17.4 Å². The summed E-state index contributed by atoms with van der Waals surface area (Å²) < 4.78 is 10.8. The van der Waals surface area contributed by atoms with Gasteiger partial charge in [-0.05, 0) is 48.7 Å². The number of Topliss-reactive ketones (excluding diaryl/α,β-unsaturated/α-hetero) is 1. The van der Waals surface area contributed by atoms with Gasteiger partial charge in [0.1, 0.15) is 0 Å². The molecule has 0 saturated carbocycles. The SMILES string of the molecule is COc1cc2c(cc1OC)CN(CCC(=O)Nc1cccc(C(C)=O)c1)CC2. The molecular formula is C22H26N2O4. The van der Waals surface area contributed by atoms with E-state index in [0.29, 0.717) is 24.2 Å². The fourth-order valence-corrected chi connectivity index (χ4v) is 3.43. The van der Waals surface area contributed by atoms with E-state index in [4.69, 9.17) is 9.47 Å². The van der Waals surface area contributed by atoms with Crippen LogP contribution >= 0.6 is 0 Å². The van der Waals surface area contributed by atoms with Crippen molar-refractivity contribution in [2.75, 3.05) is 32.6 Å². The molecule has 0 aromatic heterocycles. The van der Waals surface area contributed by atoms with Gasteiger partial charge in [0.15, 0.2) is 17.3 Å². The lowest BCUT2D eigenvalue weighted by molar-refractivity contribution is -0.116. The molecule has 2 aromatic rings. The Morgan fingerprint density at radius 1 is 1.07 bits per heavy atom. The first kappa shape index (κ1) is 19.9. The topological polar surface area (TPSA) is 67.9 Å². The molecule has 0 aliphatic carbocycles. The second-order valence-electron chi connectivity index (χ2n) is 6.94. The Morgan fingerprint density at radius 3 is 2.46 bits per heavy atom. The zero-order valence-electron chi connectivity index (χ0n) is 16.6. The summed E-state index contributed by atoms with van der Waals surface area (Å²) in [6.45, 7) is 3.87. The van der Waals surface area contributed by atoms with Crippen LogP contribution in [-0.2, 0) is 17.8 Å². The number of hydrogen-bond acceptors (Lipinski definition) is 5. The lowest BCUT2D eigenvalue weighted by Crippen LogP contribution is -2.33. The summed E-state index contributed by atoms with van der Waals surface area (Å²) in [7, 11) is 3.28. The minimum absolute atomic E-state index is 0.0184. The van der Waals surface area contributed by atoms with E-state index < -0.39 is 0 Å². The fraction of sp³-hybridized carbons (Fsp3) is 0.364. The lowest BCUT2D eigenvalue weighted by atomic mass is 9.98. The number of nitrogens with zero attached hydrogens (tertiary/aromatic N) is 1. The quantitative estimate of drug-likeness (QED) is 0.745. The van der Waals surface area contributed by atoms with Crippen molar-refractivity contribution in [3.05, 3.63) is 53.1 Å². The van der Waals surface area contributed by atoms with Crippen LogP contribution in [0.3, 0.4) is 0 Å². The maximum Gasteiger partial charge on any atom is 0.225 e. The van der Waals surface area contributed by atoms with E-state index in [-0.39, 0.29) is 11.7 Å². The van der Waals surface area contributed by atoms with Crippen molar-refractivity contribution in [3.63, 3.8) is 0 Å². The second kappa shape index (κ2) is 8.89. The zero-order chi connectivity index (χ0) is 20.1. The van der Waals surface area contributed by atoms with Crippen LogP contribution in [0.1, 0.15) is 34.8 Å². The number of ether oxygens (including phenoxy) is 2. The van der Waals surface area contributed by atoms with Gasteiger partial charge in [0.05, 0.1) is 14.2 Å². The molecule has 1 N–H and O–H groups in total. The van der Waals surface area contributed by atoms with E-state index in [9.17, 15) is 9.59 Å². The number of amides is 1. The van der Waals surface area contributed by atoms with E-state index in [2.05, 4.69) is 10.2 Å². The van der Waals surface area contributed by atoms with Gasteiger partial charge in [-0.15, -0.1) is 0 Å². The van der Waals surface area contributed by atoms with E-state index in [1.165, 1.54) is 18.1 Å². The van der Waals surface area contributed by atoms with Crippen LogP contribution in [0, 0.1) is 0 Å². The standard InChI is InChI=1S/C22H26N2O4/c1-15(25)16-5-4-6-19(11-16)23-22(26)8-10-24-9-7-17-12-20(27-2)21(28-3)13-18(17)14-24/h4-6,11-13H,7-10,14H2,1-3H3,(H,23,26). The molecule has 6 nitrogen and oxygen atoms in total. The highest BCUT2D eigenvalue weighted by atomic mass is 16.5. The Labute approximate surface area is 165 Å². The summed E-state index contributed by atoms with van der Waals surface area (Å²) in [6, 6.07) is 11.1. The Hall–Kier alpha value is -2.86. The minimum Gasteiger partial charge on any atom is -0.493 e. The van der Waals surface area contributed by atoms with Gasteiger partial charge in [-0.25, -0.2) is 0 Å². The molecule has 0 saturated heterocycles. The van der Waals surface area contributed by atoms with Crippen LogP contribution in [0.4, 0.5) is 5.69 Å². The number of methoxy groups -OCH3 is 2. The van der Waals surface area contributed by atoms with Crippen molar-refractivity contribution in [1.29, 1.82) is 0 Å². The number of anilines is 1. The van der Waals surface area contributed by atoms with Crippen LogP contribution in [-0.4, -0.2) is 43.9 Å². The highest BCUT2D eigenvalue weighted by molar-refractivity contribution is 5.97. The Morgan fingerprint density at radius 2 is 1.79 bits per heavy atom. The van der Waals surface area contributed by atoms with Crippen LogP contribution < -0.4 is 14.8 Å². The zero-order valence-corrected chi connectivity index (χ0v) is 16.6. The number of carbonyl (C=O) groups is 2. The highest BCUT2D eigenvalue weighted by Gasteiger charge is 2.20. The molecule has 0 atom stereocenters. The smallest absolute Gasteiger partial charge is 0.225 e. The van der Waals surface area contributed by atoms with Crippen LogP contribution in [0.15, 0.2) is 36.4 Å². The van der Waals surface area contributed by atoms with E-state index in [1.54, 1.807) is 38.5 Å². The van der Waals surface area contributed by atoms with E-state index in [0.717, 1.165) is 31.0 Å². The van der Waals surface area contributed by atoms with Gasteiger partial charge >= 0.3 is 0 Å². The lowest BCUT2D eigenvalue weighted by Gasteiger charge is -2.29. The third-order valence-electron chi connectivity index (χ3n) is 5.01. The molecule has 148 valence electrons. The summed E-state index contributed by atoms with van der Waals surface area (Å²) in [4.78, 5) is 26.0. The number of benzene rings is 2. The molecule has 6 heteroatoms. The predicted octanol–water partition coefficient (Wildman–Crippen LogP) is 3.29. The fourth-order valence-electron chi connectivity index (χ4n) is 3.43. The van der Waals surface area contributed by atoms with Crippen molar-refractivity contribution in [1.82, 2.24) is 4.90 Å². The maximum atomic E-state index is 12.3. The molecule has 3 rings (SSSR count). The summed E-state index contributed by atoms with van der Waals surface area (Å²) >= 11 is 0. The Balaban J connectivity index is 1.56. The molecule has 1 aliphatic heterocycles. The van der Waals surface area contributed by atoms with Gasteiger partial charge in [0.25, 0.3) is 0 Å². The van der Waals surface area contributed by atoms with Gasteiger partial charge < -0.3 is 14.8 Å². The van der Waals surface area contributed by atoms with Crippen LogP contribution in [0.5, 0.6) is 11.5 Å². The normalized spacial score (nSPS) is 13.5. The molecule has 2 aromatic carbocycles. The maximum absolute atomic E-state index is 12.3. The van der Waals surface area contributed by atoms with E-state index in [1.807, 2.05) is 12.1 Å². The van der Waals surface area contributed by atoms with Crippen molar-refractivity contribution in [2.24, 2.45) is 0 Å². The van der Waals surface area contributed by atoms with Gasteiger partial charge in [0.2, 0.25) is 5.91 Å². The third-order valence-corrected chi connectivity index (χ3v) is 5.01. The predicted molar refractivity (Wildman–Crippen MR) is 108 cm³/mol. The first-order valence-corrected chi connectivity index (χ1v) is 9.37. The second-order valence-corrected chi connectivity index (χ2v) is 6.94. The molecule has 1 aliphatic rings. The molecule has 0 fully saturated rings. The van der Waals surface area contributed by atoms with Gasteiger partial charge in [-0.2, -0.15) is 0 Å². The third kappa shape index (κ3) is 4.70. The summed E-state index contributed by atoms with van der Waals surface area (Å²) in [5.41, 5.74) is 3.71. The van der Waals surface area contributed by atoms with Gasteiger partial charge in [0, 0.05) is 37.3 Å². The summed E-state index contributed by atoms with van der Waals surface area (Å²) in [5.74, 6) is 1.40. The summed E-state index contributed by atoms with van der Waals surface area (Å²) in [6.07, 6.45) is 1.31. The number of fused-ring (bicyclic) bond motifs is 1. The largest absolute Gasteiger partial charge is 0.493 e. The molecule has 28 heavy (non-hydrogen) atoms. The number of rotatable bonds is 7. The minimum atomic E-state index is -0.0567. The molecular weight excluding hydrogens is 356 g/mol. The van der Waals surface area contributed by atoms with Crippen LogP contribution in [0.2, 0.25) is 0 Å². The van der Waals surface area contributed by atoms with Crippen molar-refractivity contribution in [3.8, 4) is 11.5 Å². The average Bonchev–Trinajstić information content (AvgIpc) is 2.71. The number of ketones is 1. The molecule has 1 amide bonds. The molecule has 0 radical (unpaired) electrons. The monoisotopic (exact) mass is 382 g/mol. The van der Waals surface area contributed by atoms with E-state index >= 15 is 0 Å². The van der Waals surface area contributed by atoms with Gasteiger partial charge in [-0.3, -0.25) is 14.5 Å². The molecule has 1 heterocycles.